The summed E-state index contributed by atoms with van der Waals surface area (Å²) in [5.74, 6) is -7.18. The van der Waals surface area contributed by atoms with E-state index >= 15 is 0 Å². The van der Waals surface area contributed by atoms with Crippen LogP contribution in [0.3, 0.4) is 0 Å². The molecule has 0 aromatic carbocycles. The van der Waals surface area contributed by atoms with Crippen LogP contribution >= 0.6 is 7.82 Å². The van der Waals surface area contributed by atoms with Crippen molar-refractivity contribution in [1.29, 1.82) is 0 Å². The summed E-state index contributed by atoms with van der Waals surface area (Å²) in [6.07, 6.45) is -34.9. The zero-order chi connectivity index (χ0) is 82.2. The number of ketones is 2. The Labute approximate surface area is 635 Å². The lowest BCUT2D eigenvalue weighted by Gasteiger charge is -2.52. The molecule has 39 nitrogen and oxygen atoms in total. The van der Waals surface area contributed by atoms with Crippen LogP contribution in [-0.2, 0) is 104 Å². The average Bonchev–Trinajstić information content (AvgIpc) is 0.959. The highest BCUT2D eigenvalue weighted by Crippen LogP contribution is 2.49. The van der Waals surface area contributed by atoms with Crippen LogP contribution in [0.25, 0.3) is 0 Å². The molecule has 5 heterocycles. The highest BCUT2D eigenvalue weighted by Gasteiger charge is 2.63. The van der Waals surface area contributed by atoms with Crippen LogP contribution in [0.1, 0.15) is 127 Å². The van der Waals surface area contributed by atoms with Crippen molar-refractivity contribution >= 4 is 55.1 Å². The van der Waals surface area contributed by atoms with Crippen molar-refractivity contribution in [1.82, 2.24) is 16.0 Å². The zero-order valence-corrected chi connectivity index (χ0v) is 64.1. The molecular weight excluding hydrogens is 1490 g/mol. The number of primary amides is 2. The van der Waals surface area contributed by atoms with Gasteiger partial charge in [0.2, 0.25) is 17.7 Å². The maximum atomic E-state index is 14.2. The minimum absolute atomic E-state index is 0.134. The second kappa shape index (κ2) is 41.3. The minimum atomic E-state index is -5.81. The SMILES string of the molecule is C=C(CC=C(C)CCC=C(C)C)CCC(C)(C)C=CCCC(C)=CCO[C@H](COP(=O)(O)O[C@H]1OC(C(N)=O)[C@@](C)(O)[C@H](OC(N)=O)C1O[C@@H]1OC(CO[C@@H]2OC(CO)[C@@H](O)[C@H](O)C2O)[C@@H](O[C@@H]2OC(C)[C@@H](O[C@@H]3OC(C(=O)NC4C(=O)CCC4=O)[C@H](O)[C@H](O)C3O)[C@H](O)C2NC(C)=O)[C@H](O)C1NC(C)=O)C(=O)OC. The van der Waals surface area contributed by atoms with E-state index in [4.69, 9.17) is 77.4 Å². The molecule has 1 aliphatic carbocycles. The molecule has 0 aromatic rings. The molecule has 5 amide bonds. The molecular formula is C70H110N5O34P. The number of amides is 5. The van der Waals surface area contributed by atoms with Gasteiger partial charge in [-0.2, -0.15) is 0 Å². The molecule has 27 atom stereocenters. The summed E-state index contributed by atoms with van der Waals surface area (Å²) in [5.41, 5.74) is 12.7. The first-order valence-corrected chi connectivity index (χ1v) is 37.3. The summed E-state index contributed by atoms with van der Waals surface area (Å²) in [6, 6.07) is -5.60. The van der Waals surface area contributed by atoms with Gasteiger partial charge in [-0.15, -0.1) is 0 Å². The van der Waals surface area contributed by atoms with E-state index in [2.05, 4.69) is 81.5 Å². The first-order valence-electron chi connectivity index (χ1n) is 35.8. The molecule has 110 heavy (non-hydrogen) atoms. The molecule has 0 aromatic heterocycles. The molecule has 6 rings (SSSR count). The summed E-state index contributed by atoms with van der Waals surface area (Å²) >= 11 is 0. The quantitative estimate of drug-likeness (QED) is 0.0130. The molecule has 0 bridgehead atoms. The number of esters is 1. The maximum Gasteiger partial charge on any atom is 0.474 e. The van der Waals surface area contributed by atoms with Gasteiger partial charge in [-0.3, -0.25) is 37.8 Å². The molecule has 40 heteroatoms. The van der Waals surface area contributed by atoms with Gasteiger partial charge in [0, 0.05) is 26.7 Å². The lowest BCUT2D eigenvalue weighted by Crippen LogP contribution is -2.72. The van der Waals surface area contributed by atoms with E-state index < -0.39 is 240 Å². The molecule has 6 aliphatic rings. The van der Waals surface area contributed by atoms with Crippen LogP contribution in [0, 0.1) is 5.41 Å². The van der Waals surface area contributed by atoms with E-state index in [1.54, 1.807) is 6.08 Å². The first kappa shape index (κ1) is 92.8. The van der Waals surface area contributed by atoms with E-state index in [0.717, 1.165) is 71.1 Å². The van der Waals surface area contributed by atoms with E-state index in [0.29, 0.717) is 12.8 Å². The number of nitrogens with two attached hydrogens (primary N) is 2. The summed E-state index contributed by atoms with van der Waals surface area (Å²) < 4.78 is 94.5. The third-order valence-electron chi connectivity index (χ3n) is 19.2. The van der Waals surface area contributed by atoms with Gasteiger partial charge in [0.05, 0.1) is 39.6 Å². The normalized spacial score (nSPS) is 35.5. The maximum absolute atomic E-state index is 14.2. The number of hydrogen-bond acceptors (Lipinski definition) is 33. The van der Waals surface area contributed by atoms with Gasteiger partial charge in [0.15, 0.2) is 73.5 Å². The largest absolute Gasteiger partial charge is 0.474 e. The third-order valence-corrected chi connectivity index (χ3v) is 20.2. The molecule has 0 radical (unpaired) electrons. The van der Waals surface area contributed by atoms with Crippen molar-refractivity contribution in [2.24, 2.45) is 16.9 Å². The fourth-order valence-corrected chi connectivity index (χ4v) is 13.7. The van der Waals surface area contributed by atoms with Gasteiger partial charge in [-0.25, -0.2) is 14.2 Å². The number of phosphoric acid groups is 1. The molecule has 1 saturated carbocycles. The Bertz CT molecular complexity index is 3330. The lowest BCUT2D eigenvalue weighted by atomic mass is 9.85. The summed E-state index contributed by atoms with van der Waals surface area (Å²) in [5, 5.41) is 119. The first-order chi connectivity index (χ1) is 51.4. The molecule has 0 spiro atoms. The molecule has 5 saturated heterocycles. The second-order valence-electron chi connectivity index (χ2n) is 29.2. The number of rotatable bonds is 37. The lowest BCUT2D eigenvalue weighted by molar-refractivity contribution is -0.375. The Morgan fingerprint density at radius 2 is 1.25 bits per heavy atom. The highest BCUT2D eigenvalue weighted by molar-refractivity contribution is 7.47. The number of nitrogens with one attached hydrogen (secondary N) is 3. The number of aliphatic hydroxyl groups excluding tert-OH is 9. The van der Waals surface area contributed by atoms with Gasteiger partial charge in [-0.05, 0) is 91.9 Å². The number of hydrogen-bond donors (Lipinski definition) is 16. The number of methoxy groups -OCH3 is 1. The number of ether oxygens (including phenoxy) is 12. The van der Waals surface area contributed by atoms with Crippen LogP contribution in [0.4, 0.5) is 4.79 Å². The van der Waals surface area contributed by atoms with Crippen LogP contribution in [0.5, 0.6) is 0 Å². The molecule has 5 aliphatic heterocycles. The summed E-state index contributed by atoms with van der Waals surface area (Å²) in [7, 11) is -4.82. The van der Waals surface area contributed by atoms with Gasteiger partial charge in [0.25, 0.3) is 5.91 Å². The topological polar surface area (TPSA) is 594 Å². The van der Waals surface area contributed by atoms with Crippen LogP contribution in [0.2, 0.25) is 0 Å². The van der Waals surface area contributed by atoms with E-state index in [1.165, 1.54) is 18.1 Å². The van der Waals surface area contributed by atoms with Crippen molar-refractivity contribution in [2.75, 3.05) is 33.5 Å². The number of carbonyl (C=O) groups excluding carboxylic acids is 8. The van der Waals surface area contributed by atoms with Crippen LogP contribution in [-0.4, -0.2) is 302 Å². The highest BCUT2D eigenvalue weighted by atomic mass is 31.2. The van der Waals surface area contributed by atoms with E-state index in [1.807, 2.05) is 6.92 Å². The number of aliphatic hydroxyl groups is 10. The average molecular weight is 1600 g/mol. The Kier molecular flexibility index (Phi) is 34.9. The van der Waals surface area contributed by atoms with Gasteiger partial charge in [-0.1, -0.05) is 73.1 Å². The second-order valence-corrected chi connectivity index (χ2v) is 30.6. The Morgan fingerprint density at radius 1 is 0.691 bits per heavy atom. The van der Waals surface area contributed by atoms with Crippen molar-refractivity contribution < 1.29 is 165 Å². The van der Waals surface area contributed by atoms with Gasteiger partial charge >= 0.3 is 19.9 Å². The Hall–Kier alpha value is -6.03. The monoisotopic (exact) mass is 1600 g/mol. The number of Topliss-reactive ketones (excluding diaryl/α,β-unsaturated/α-hetero) is 2. The summed E-state index contributed by atoms with van der Waals surface area (Å²) in [6.45, 7) is 17.1. The standard InChI is InChI=1S/C70H110N5O34P/c1-31(2)16-15-18-32(3)19-20-34(5)23-26-69(9,10)25-14-13-17-33(4)24-27-97-42(62(91)96-12)30-99-110(94,95)109-67-57(58(108-68(72)92)70(11,93)59(107-67)60(71)89)106-64-45(74-37(8)78)48(83)55(41(102-64)29-98-65-52(87)49(84)46(81)40(28-76)101-65)104-63-44(73-36(7)77)47(82)54(35(6)100-63)103-66-53(88)50(85)51(86)56(105-66)61(90)75-43-38(79)21-22-39(43)80/h14,16,19,24-25,35,40-59,63-67,76,81-88,93H,5,13,15,17-18,20-23,26-30H2,1-4,6-12H3,(H2,71,89)(H2,72,92)(H,73,77)(H,74,78)(H,75,90)(H,94,95)/t35?,40?,41?,42-,44?,45?,46-,47-,48-,49+,50+,51-,52?,53?,54-,55-,56?,57?,58-,59?,63+,64+,65-,66-,67-,70+/m1/s1. The Morgan fingerprint density at radius 3 is 1.85 bits per heavy atom. The fraction of sp³-hybridized carbons (Fsp3) is 0.743. The van der Waals surface area contributed by atoms with Crippen molar-refractivity contribution in [3.05, 3.63) is 59.3 Å². The molecule has 6 fully saturated rings. The van der Waals surface area contributed by atoms with Crippen LogP contribution < -0.4 is 27.4 Å². The van der Waals surface area contributed by atoms with Crippen molar-refractivity contribution in [2.45, 2.75) is 292 Å². The third kappa shape index (κ3) is 25.5. The van der Waals surface area contributed by atoms with Gasteiger partial charge < -0.3 is 140 Å². The minimum Gasteiger partial charge on any atom is -0.467 e. The van der Waals surface area contributed by atoms with Gasteiger partial charge in [0.1, 0.15) is 97.0 Å². The molecule has 624 valence electrons. The smallest absolute Gasteiger partial charge is 0.467 e. The molecule has 18 N–H and O–H groups in total. The Balaban J connectivity index is 1.25. The van der Waals surface area contributed by atoms with Crippen molar-refractivity contribution in [3.8, 4) is 0 Å². The fourth-order valence-electron chi connectivity index (χ4n) is 12.9. The number of phosphoric ester groups is 1. The summed E-state index contributed by atoms with van der Waals surface area (Å²) in [4.78, 5) is 115. The zero-order valence-electron chi connectivity index (χ0n) is 63.2. The van der Waals surface area contributed by atoms with Crippen LogP contribution in [0.15, 0.2) is 59.3 Å². The number of allylic oxidation sites excluding steroid dienone is 8. The predicted molar refractivity (Wildman–Crippen MR) is 375 cm³/mol. The van der Waals surface area contributed by atoms with Crippen molar-refractivity contribution in [3.63, 3.8) is 0 Å². The van der Waals surface area contributed by atoms with E-state index in [9.17, 15) is 98.9 Å². The molecule has 11 unspecified atom stereocenters. The predicted octanol–water partition coefficient (Wildman–Crippen LogP) is -2.77. The van der Waals surface area contributed by atoms with E-state index in [-0.39, 0.29) is 24.9 Å². The number of carbonyl (C=O) groups is 8.